The quantitative estimate of drug-likeness (QED) is 0.829. The standard InChI is InChI=1S/C10H13FIN.ClH/c1-7(2)6-13-10-4-3-8(11)5-9(10)12;/h3-5,7,13H,6H2,1-2H3;1H. The lowest BCUT2D eigenvalue weighted by molar-refractivity contribution is 0.626. The highest BCUT2D eigenvalue weighted by molar-refractivity contribution is 14.1. The van der Waals surface area contributed by atoms with Crippen LogP contribution in [0.15, 0.2) is 18.2 Å². The number of rotatable bonds is 3. The molecule has 80 valence electrons. The smallest absolute Gasteiger partial charge is 0.124 e. The molecule has 1 aromatic carbocycles. The summed E-state index contributed by atoms with van der Waals surface area (Å²) in [4.78, 5) is 0. The zero-order valence-corrected chi connectivity index (χ0v) is 11.2. The average molecular weight is 330 g/mol. The fourth-order valence-corrected chi connectivity index (χ4v) is 1.61. The molecule has 14 heavy (non-hydrogen) atoms. The molecule has 1 rings (SSSR count). The second-order valence-corrected chi connectivity index (χ2v) is 4.56. The van der Waals surface area contributed by atoms with Gasteiger partial charge in [0.05, 0.1) is 0 Å². The summed E-state index contributed by atoms with van der Waals surface area (Å²) in [7, 11) is 0. The van der Waals surface area contributed by atoms with Gasteiger partial charge >= 0.3 is 0 Å². The van der Waals surface area contributed by atoms with Crippen molar-refractivity contribution in [2.45, 2.75) is 13.8 Å². The van der Waals surface area contributed by atoms with E-state index in [4.69, 9.17) is 0 Å². The van der Waals surface area contributed by atoms with Gasteiger partial charge in [0, 0.05) is 15.8 Å². The number of nitrogens with one attached hydrogen (secondary N) is 1. The van der Waals surface area contributed by atoms with E-state index < -0.39 is 0 Å². The molecule has 0 atom stereocenters. The molecule has 0 saturated carbocycles. The van der Waals surface area contributed by atoms with Crippen LogP contribution in [0.4, 0.5) is 10.1 Å². The summed E-state index contributed by atoms with van der Waals surface area (Å²) in [5, 5.41) is 3.27. The number of anilines is 1. The van der Waals surface area contributed by atoms with Crippen molar-refractivity contribution in [1.29, 1.82) is 0 Å². The minimum Gasteiger partial charge on any atom is -0.384 e. The van der Waals surface area contributed by atoms with Crippen molar-refractivity contribution in [3.05, 3.63) is 27.6 Å². The van der Waals surface area contributed by atoms with Crippen LogP contribution in [0.25, 0.3) is 0 Å². The number of benzene rings is 1. The predicted octanol–water partition coefficient (Wildman–Crippen LogP) is 3.92. The maximum absolute atomic E-state index is 12.7. The van der Waals surface area contributed by atoms with E-state index in [-0.39, 0.29) is 18.2 Å². The number of hydrogen-bond donors (Lipinski definition) is 1. The molecule has 0 radical (unpaired) electrons. The highest BCUT2D eigenvalue weighted by atomic mass is 127. The molecule has 0 aliphatic heterocycles. The maximum atomic E-state index is 12.7. The monoisotopic (exact) mass is 329 g/mol. The third kappa shape index (κ3) is 4.46. The maximum Gasteiger partial charge on any atom is 0.124 e. The van der Waals surface area contributed by atoms with Crippen molar-refractivity contribution in [2.75, 3.05) is 11.9 Å². The summed E-state index contributed by atoms with van der Waals surface area (Å²) < 4.78 is 13.6. The van der Waals surface area contributed by atoms with Crippen molar-refractivity contribution in [3.8, 4) is 0 Å². The summed E-state index contributed by atoms with van der Waals surface area (Å²) in [5.74, 6) is 0.417. The fourth-order valence-electron chi connectivity index (χ4n) is 0.947. The van der Waals surface area contributed by atoms with Gasteiger partial charge in [-0.2, -0.15) is 0 Å². The molecule has 1 aromatic rings. The molecule has 1 nitrogen and oxygen atoms in total. The van der Waals surface area contributed by atoms with Gasteiger partial charge in [0.15, 0.2) is 0 Å². The van der Waals surface area contributed by atoms with E-state index in [1.807, 2.05) is 0 Å². The summed E-state index contributed by atoms with van der Waals surface area (Å²) >= 11 is 2.13. The van der Waals surface area contributed by atoms with Gasteiger partial charge in [-0.1, -0.05) is 13.8 Å². The third-order valence-electron chi connectivity index (χ3n) is 1.63. The highest BCUT2D eigenvalue weighted by Gasteiger charge is 2.01. The molecule has 0 unspecified atom stereocenters. The van der Waals surface area contributed by atoms with Crippen LogP contribution < -0.4 is 5.32 Å². The van der Waals surface area contributed by atoms with Gasteiger partial charge in [-0.05, 0) is 46.7 Å². The molecular formula is C10H14ClFIN. The lowest BCUT2D eigenvalue weighted by atomic mass is 10.2. The van der Waals surface area contributed by atoms with E-state index in [1.54, 1.807) is 6.07 Å². The Kier molecular flexibility index (Phi) is 6.44. The Hall–Kier alpha value is -0.0300. The summed E-state index contributed by atoms with van der Waals surface area (Å²) in [6.45, 7) is 5.20. The van der Waals surface area contributed by atoms with Gasteiger partial charge in [0.2, 0.25) is 0 Å². The normalized spacial score (nSPS) is 9.79. The van der Waals surface area contributed by atoms with Crippen LogP contribution in [-0.4, -0.2) is 6.54 Å². The first-order valence-corrected chi connectivity index (χ1v) is 5.36. The van der Waals surface area contributed by atoms with Crippen LogP contribution in [0.5, 0.6) is 0 Å². The molecule has 4 heteroatoms. The van der Waals surface area contributed by atoms with Gasteiger partial charge in [0.25, 0.3) is 0 Å². The SMILES string of the molecule is CC(C)CNc1ccc(F)cc1I.Cl. The van der Waals surface area contributed by atoms with Crippen LogP contribution in [0.1, 0.15) is 13.8 Å². The summed E-state index contributed by atoms with van der Waals surface area (Å²) in [6.07, 6.45) is 0. The lowest BCUT2D eigenvalue weighted by Crippen LogP contribution is -2.08. The predicted molar refractivity (Wildman–Crippen MR) is 69.7 cm³/mol. The summed E-state index contributed by atoms with van der Waals surface area (Å²) in [5.41, 5.74) is 1.01. The van der Waals surface area contributed by atoms with Gasteiger partial charge in [-0.25, -0.2) is 4.39 Å². The van der Waals surface area contributed by atoms with Crippen molar-refractivity contribution in [1.82, 2.24) is 0 Å². The summed E-state index contributed by atoms with van der Waals surface area (Å²) in [6, 6.07) is 4.79. The second kappa shape index (κ2) is 6.45. The Bertz CT molecular complexity index is 291. The van der Waals surface area contributed by atoms with E-state index in [9.17, 15) is 4.39 Å². The van der Waals surface area contributed by atoms with Crippen LogP contribution in [0.2, 0.25) is 0 Å². The minimum absolute atomic E-state index is 0. The fraction of sp³-hybridized carbons (Fsp3) is 0.400. The second-order valence-electron chi connectivity index (χ2n) is 3.40. The van der Waals surface area contributed by atoms with Crippen LogP contribution >= 0.6 is 35.0 Å². The Balaban J connectivity index is 0.00000169. The minimum atomic E-state index is -0.181. The number of hydrogen-bond acceptors (Lipinski definition) is 1. The van der Waals surface area contributed by atoms with Gasteiger partial charge in [-0.3, -0.25) is 0 Å². The zero-order chi connectivity index (χ0) is 9.84. The first-order valence-electron chi connectivity index (χ1n) is 4.28. The Morgan fingerprint density at radius 3 is 2.57 bits per heavy atom. The average Bonchev–Trinajstić information content (AvgIpc) is 2.02. The lowest BCUT2D eigenvalue weighted by Gasteiger charge is -2.10. The van der Waals surface area contributed by atoms with Crippen molar-refractivity contribution in [3.63, 3.8) is 0 Å². The third-order valence-corrected chi connectivity index (χ3v) is 2.52. The van der Waals surface area contributed by atoms with E-state index in [0.717, 1.165) is 15.8 Å². The first kappa shape index (κ1) is 14.0. The molecule has 0 aliphatic carbocycles. The van der Waals surface area contributed by atoms with Crippen LogP contribution in [-0.2, 0) is 0 Å². The molecule has 0 bridgehead atoms. The Labute approximate surface area is 104 Å². The number of halogens is 3. The van der Waals surface area contributed by atoms with Crippen LogP contribution in [0, 0.1) is 15.3 Å². The highest BCUT2D eigenvalue weighted by Crippen LogP contribution is 2.19. The van der Waals surface area contributed by atoms with Crippen LogP contribution in [0.3, 0.4) is 0 Å². The zero-order valence-electron chi connectivity index (χ0n) is 8.18. The van der Waals surface area contributed by atoms with Crippen molar-refractivity contribution >= 4 is 40.7 Å². The molecule has 0 saturated heterocycles. The topological polar surface area (TPSA) is 12.0 Å². The molecule has 0 aromatic heterocycles. The van der Waals surface area contributed by atoms with E-state index in [1.165, 1.54) is 12.1 Å². The van der Waals surface area contributed by atoms with Crippen molar-refractivity contribution in [2.24, 2.45) is 5.92 Å². The molecule has 0 heterocycles. The van der Waals surface area contributed by atoms with Crippen molar-refractivity contribution < 1.29 is 4.39 Å². The van der Waals surface area contributed by atoms with E-state index in [0.29, 0.717) is 5.92 Å². The largest absolute Gasteiger partial charge is 0.384 e. The molecule has 1 N–H and O–H groups in total. The molecule has 0 fully saturated rings. The molecule has 0 amide bonds. The molecular weight excluding hydrogens is 315 g/mol. The van der Waals surface area contributed by atoms with Gasteiger partial charge in [-0.15, -0.1) is 12.4 Å². The first-order chi connectivity index (χ1) is 6.09. The Morgan fingerprint density at radius 1 is 1.43 bits per heavy atom. The van der Waals surface area contributed by atoms with E-state index >= 15 is 0 Å². The molecule has 0 aliphatic rings. The van der Waals surface area contributed by atoms with Gasteiger partial charge < -0.3 is 5.32 Å². The van der Waals surface area contributed by atoms with Gasteiger partial charge in [0.1, 0.15) is 5.82 Å². The molecule has 0 spiro atoms. The Morgan fingerprint density at radius 2 is 2.07 bits per heavy atom. The van der Waals surface area contributed by atoms with E-state index in [2.05, 4.69) is 41.8 Å².